The van der Waals surface area contributed by atoms with Crippen LogP contribution in [0.3, 0.4) is 0 Å². The molecule has 3 aromatic rings. The van der Waals surface area contributed by atoms with Gasteiger partial charge in [-0.25, -0.2) is 4.68 Å². The van der Waals surface area contributed by atoms with E-state index >= 15 is 0 Å². The van der Waals surface area contributed by atoms with Crippen LogP contribution in [0.5, 0.6) is 5.75 Å². The van der Waals surface area contributed by atoms with Crippen LogP contribution in [-0.2, 0) is 6.18 Å². The molecule has 0 saturated heterocycles. The van der Waals surface area contributed by atoms with Gasteiger partial charge in [-0.15, -0.1) is 0 Å². The first kappa shape index (κ1) is 16.6. The number of hydrogen-bond donors (Lipinski definition) is 0. The Morgan fingerprint density at radius 3 is 2.42 bits per heavy atom. The molecule has 0 fully saturated rings. The summed E-state index contributed by atoms with van der Waals surface area (Å²) in [5, 5.41) is 3.75. The lowest BCUT2D eigenvalue weighted by molar-refractivity contribution is -0.140. The van der Waals surface area contributed by atoms with E-state index in [1.54, 1.807) is 48.5 Å². The second-order valence-electron chi connectivity index (χ2n) is 5.02. The van der Waals surface area contributed by atoms with Gasteiger partial charge in [0.2, 0.25) is 0 Å². The van der Waals surface area contributed by atoms with Crippen LogP contribution in [0.2, 0.25) is 0 Å². The normalized spacial score (nSPS) is 11.5. The Hall–Kier alpha value is -2.28. The van der Waals surface area contributed by atoms with Crippen LogP contribution in [0.25, 0.3) is 16.8 Å². The van der Waals surface area contributed by atoms with E-state index in [9.17, 15) is 13.2 Å². The van der Waals surface area contributed by atoms with Crippen molar-refractivity contribution in [3.63, 3.8) is 0 Å². The zero-order chi connectivity index (χ0) is 17.3. The van der Waals surface area contributed by atoms with Crippen molar-refractivity contribution in [1.29, 1.82) is 0 Å². The summed E-state index contributed by atoms with van der Waals surface area (Å²) < 4.78 is 47.2. The topological polar surface area (TPSA) is 27.1 Å². The number of hydrogen-bond acceptors (Lipinski definition) is 2. The van der Waals surface area contributed by atoms with Gasteiger partial charge in [0.25, 0.3) is 0 Å². The molecule has 3 rings (SSSR count). The molecule has 0 amide bonds. The fourth-order valence-electron chi connectivity index (χ4n) is 2.34. The van der Waals surface area contributed by atoms with Gasteiger partial charge in [-0.1, -0.05) is 30.3 Å². The SMILES string of the molecule is COc1cc(-n2cc(-c3ccccc3)c(C(F)(F)F)n2)ccc1Br. The van der Waals surface area contributed by atoms with Gasteiger partial charge in [0.15, 0.2) is 5.69 Å². The predicted molar refractivity (Wildman–Crippen MR) is 88.3 cm³/mol. The van der Waals surface area contributed by atoms with Crippen molar-refractivity contribution in [3.8, 4) is 22.6 Å². The molecule has 1 aromatic heterocycles. The average molecular weight is 397 g/mol. The summed E-state index contributed by atoms with van der Waals surface area (Å²) in [6.45, 7) is 0. The van der Waals surface area contributed by atoms with E-state index < -0.39 is 11.9 Å². The summed E-state index contributed by atoms with van der Waals surface area (Å²) in [4.78, 5) is 0. The zero-order valence-corrected chi connectivity index (χ0v) is 14.1. The molecule has 0 saturated carbocycles. The molecule has 0 unspecified atom stereocenters. The maximum Gasteiger partial charge on any atom is 0.435 e. The summed E-state index contributed by atoms with van der Waals surface area (Å²) in [7, 11) is 1.49. The molecule has 0 atom stereocenters. The first-order valence-corrected chi connectivity index (χ1v) is 7.75. The maximum atomic E-state index is 13.4. The van der Waals surface area contributed by atoms with E-state index in [0.717, 1.165) is 0 Å². The first-order valence-electron chi connectivity index (χ1n) is 6.96. The Morgan fingerprint density at radius 2 is 1.79 bits per heavy atom. The number of ether oxygens (including phenoxy) is 1. The largest absolute Gasteiger partial charge is 0.495 e. The van der Waals surface area contributed by atoms with Gasteiger partial charge in [-0.2, -0.15) is 18.3 Å². The number of alkyl halides is 3. The molecular weight excluding hydrogens is 385 g/mol. The number of rotatable bonds is 3. The van der Waals surface area contributed by atoms with Crippen LogP contribution in [0.15, 0.2) is 59.2 Å². The van der Waals surface area contributed by atoms with Crippen LogP contribution in [0.4, 0.5) is 13.2 Å². The van der Waals surface area contributed by atoms with Gasteiger partial charge >= 0.3 is 6.18 Å². The summed E-state index contributed by atoms with van der Waals surface area (Å²) in [5.41, 5.74) is 0.0449. The van der Waals surface area contributed by atoms with E-state index in [2.05, 4.69) is 21.0 Å². The monoisotopic (exact) mass is 396 g/mol. The molecule has 0 bridgehead atoms. The van der Waals surface area contributed by atoms with Crippen molar-refractivity contribution in [2.24, 2.45) is 0 Å². The number of nitrogens with zero attached hydrogens (tertiary/aromatic N) is 2. The standard InChI is InChI=1S/C17H12BrF3N2O/c1-24-15-9-12(7-8-14(15)18)23-10-13(11-5-3-2-4-6-11)16(22-23)17(19,20)21/h2-10H,1H3. The zero-order valence-electron chi connectivity index (χ0n) is 12.5. The van der Waals surface area contributed by atoms with E-state index in [1.807, 2.05) is 0 Å². The molecule has 0 aliphatic carbocycles. The lowest BCUT2D eigenvalue weighted by atomic mass is 10.1. The number of halogens is 4. The molecular formula is C17H12BrF3N2O. The fourth-order valence-corrected chi connectivity index (χ4v) is 2.74. The second kappa shape index (κ2) is 6.32. The maximum absolute atomic E-state index is 13.4. The van der Waals surface area contributed by atoms with Crippen molar-refractivity contribution < 1.29 is 17.9 Å². The Morgan fingerprint density at radius 1 is 1.08 bits per heavy atom. The van der Waals surface area contributed by atoms with Crippen LogP contribution < -0.4 is 4.74 Å². The van der Waals surface area contributed by atoms with Crippen molar-refractivity contribution in [2.45, 2.75) is 6.18 Å². The molecule has 3 nitrogen and oxygen atoms in total. The van der Waals surface area contributed by atoms with Crippen LogP contribution in [0, 0.1) is 0 Å². The van der Waals surface area contributed by atoms with Crippen LogP contribution in [0.1, 0.15) is 5.69 Å². The average Bonchev–Trinajstić information content (AvgIpc) is 3.02. The summed E-state index contributed by atoms with van der Waals surface area (Å²) >= 11 is 3.32. The highest BCUT2D eigenvalue weighted by Gasteiger charge is 2.37. The molecule has 7 heteroatoms. The number of benzene rings is 2. The number of methoxy groups -OCH3 is 1. The molecule has 0 radical (unpaired) electrons. The number of aromatic nitrogens is 2. The molecule has 1 heterocycles. The van der Waals surface area contributed by atoms with Gasteiger partial charge in [0, 0.05) is 17.8 Å². The molecule has 0 spiro atoms. The minimum atomic E-state index is -4.55. The van der Waals surface area contributed by atoms with Crippen molar-refractivity contribution in [3.05, 3.63) is 64.9 Å². The van der Waals surface area contributed by atoms with Gasteiger partial charge < -0.3 is 4.74 Å². The third-order valence-electron chi connectivity index (χ3n) is 3.47. The summed E-state index contributed by atoms with van der Waals surface area (Å²) in [6, 6.07) is 13.4. The highest BCUT2D eigenvalue weighted by atomic mass is 79.9. The molecule has 2 aromatic carbocycles. The van der Waals surface area contributed by atoms with E-state index in [0.29, 0.717) is 21.5 Å². The third kappa shape index (κ3) is 3.17. The van der Waals surface area contributed by atoms with E-state index in [-0.39, 0.29) is 5.56 Å². The van der Waals surface area contributed by atoms with Crippen molar-refractivity contribution in [1.82, 2.24) is 9.78 Å². The predicted octanol–water partition coefficient (Wildman–Crippen LogP) is 5.33. The van der Waals surface area contributed by atoms with E-state index in [1.165, 1.54) is 18.0 Å². The molecule has 124 valence electrons. The third-order valence-corrected chi connectivity index (χ3v) is 4.12. The minimum absolute atomic E-state index is 0.0324. The molecule has 24 heavy (non-hydrogen) atoms. The Labute approximate surface area is 144 Å². The van der Waals surface area contributed by atoms with Crippen molar-refractivity contribution >= 4 is 15.9 Å². The highest BCUT2D eigenvalue weighted by Crippen LogP contribution is 2.37. The smallest absolute Gasteiger partial charge is 0.435 e. The Balaban J connectivity index is 2.16. The van der Waals surface area contributed by atoms with Crippen molar-refractivity contribution in [2.75, 3.05) is 7.11 Å². The molecule has 0 N–H and O–H groups in total. The summed E-state index contributed by atoms with van der Waals surface area (Å²) in [6.07, 6.45) is -3.17. The Bertz CT molecular complexity index is 860. The van der Waals surface area contributed by atoms with Gasteiger partial charge in [0.1, 0.15) is 5.75 Å². The fraction of sp³-hybridized carbons (Fsp3) is 0.118. The minimum Gasteiger partial charge on any atom is -0.495 e. The lowest BCUT2D eigenvalue weighted by Gasteiger charge is -2.07. The van der Waals surface area contributed by atoms with Gasteiger partial charge in [-0.3, -0.25) is 0 Å². The first-order chi connectivity index (χ1) is 11.4. The van der Waals surface area contributed by atoms with Gasteiger partial charge in [0.05, 0.1) is 17.3 Å². The lowest BCUT2D eigenvalue weighted by Crippen LogP contribution is -2.08. The van der Waals surface area contributed by atoms with Crippen LogP contribution >= 0.6 is 15.9 Å². The molecule has 0 aliphatic heterocycles. The van der Waals surface area contributed by atoms with Gasteiger partial charge in [-0.05, 0) is 33.6 Å². The highest BCUT2D eigenvalue weighted by molar-refractivity contribution is 9.10. The Kier molecular flexibility index (Phi) is 4.36. The summed E-state index contributed by atoms with van der Waals surface area (Å²) in [5.74, 6) is 0.512. The molecule has 0 aliphatic rings. The van der Waals surface area contributed by atoms with Crippen LogP contribution in [-0.4, -0.2) is 16.9 Å². The second-order valence-corrected chi connectivity index (χ2v) is 5.87. The van der Waals surface area contributed by atoms with E-state index in [4.69, 9.17) is 4.74 Å². The quantitative estimate of drug-likeness (QED) is 0.598.